The van der Waals surface area contributed by atoms with E-state index in [2.05, 4.69) is 25.4 Å². The van der Waals surface area contributed by atoms with Crippen molar-refractivity contribution >= 4 is 36.6 Å². The van der Waals surface area contributed by atoms with Gasteiger partial charge < -0.3 is 30.5 Å². The second kappa shape index (κ2) is 11.6. The first kappa shape index (κ1) is 29.6. The van der Waals surface area contributed by atoms with Crippen molar-refractivity contribution in [3.05, 3.63) is 36.7 Å². The average molecular weight is 582 g/mol. The van der Waals surface area contributed by atoms with E-state index in [9.17, 15) is 19.6 Å². The Labute approximate surface area is 229 Å². The number of carboxylic acid groups (broad SMARTS) is 1. The topological polar surface area (TPSA) is 196 Å². The molecule has 0 radical (unpaired) electrons. The number of nitrogens with two attached hydrogens (primary N) is 1. The van der Waals surface area contributed by atoms with E-state index in [0.29, 0.717) is 11.3 Å². The van der Waals surface area contributed by atoms with Crippen molar-refractivity contribution in [3.8, 4) is 5.75 Å². The van der Waals surface area contributed by atoms with Crippen LogP contribution in [0.15, 0.2) is 36.7 Å². The third-order valence-electron chi connectivity index (χ3n) is 6.50. The van der Waals surface area contributed by atoms with Crippen molar-refractivity contribution in [3.63, 3.8) is 0 Å². The number of nitrogens with one attached hydrogen (secondary N) is 2. The zero-order valence-electron chi connectivity index (χ0n) is 22.4. The molecule has 3 heterocycles. The van der Waals surface area contributed by atoms with Crippen LogP contribution in [0.1, 0.15) is 40.3 Å². The van der Waals surface area contributed by atoms with Crippen LogP contribution in [0.2, 0.25) is 0 Å². The van der Waals surface area contributed by atoms with Gasteiger partial charge in [0.2, 0.25) is 5.95 Å². The maximum Gasteiger partial charge on any atom is 0.459 e. The monoisotopic (exact) mass is 581 g/mol. The fourth-order valence-electron chi connectivity index (χ4n) is 4.07. The van der Waals surface area contributed by atoms with Gasteiger partial charge in [-0.15, -0.1) is 0 Å². The van der Waals surface area contributed by atoms with Gasteiger partial charge in [0.1, 0.15) is 24.0 Å². The van der Waals surface area contributed by atoms with E-state index < -0.39 is 50.5 Å². The molecule has 4 rings (SSSR count). The zero-order valence-corrected chi connectivity index (χ0v) is 23.3. The van der Waals surface area contributed by atoms with Gasteiger partial charge in [0.25, 0.3) is 0 Å². The number of imidazole rings is 1. The van der Waals surface area contributed by atoms with E-state index in [1.807, 2.05) is 13.8 Å². The number of hydrogen-bond donors (Lipinski definition) is 5. The molecule has 0 amide bonds. The van der Waals surface area contributed by atoms with E-state index in [0.717, 1.165) is 13.3 Å². The Morgan fingerprint density at radius 1 is 1.32 bits per heavy atom. The first-order valence-electron chi connectivity index (χ1n) is 12.6. The van der Waals surface area contributed by atoms with Crippen molar-refractivity contribution in [1.29, 1.82) is 0 Å². The highest BCUT2D eigenvalue weighted by atomic mass is 31.2. The first-order valence-corrected chi connectivity index (χ1v) is 14.2. The highest BCUT2D eigenvalue weighted by molar-refractivity contribution is 7.52. The molecule has 0 aliphatic carbocycles. The van der Waals surface area contributed by atoms with Gasteiger partial charge in [0.05, 0.1) is 12.9 Å². The number of benzene rings is 1. The number of ether oxygens (including phenoxy) is 1. The number of carboxylic acids is 1. The van der Waals surface area contributed by atoms with E-state index >= 15 is 4.39 Å². The van der Waals surface area contributed by atoms with Crippen LogP contribution in [-0.2, 0) is 18.6 Å². The molecule has 1 aliphatic heterocycles. The Morgan fingerprint density at radius 3 is 2.67 bits per heavy atom. The summed E-state index contributed by atoms with van der Waals surface area (Å²) in [5.41, 5.74) is 4.04. The van der Waals surface area contributed by atoms with Crippen LogP contribution in [0, 0.1) is 0 Å². The zero-order chi connectivity index (χ0) is 29.2. The lowest BCUT2D eigenvalue weighted by molar-refractivity contribution is -0.138. The summed E-state index contributed by atoms with van der Waals surface area (Å²) >= 11 is 0. The molecule has 2 aromatic heterocycles. The highest BCUT2D eigenvalue weighted by Gasteiger charge is 2.56. The lowest BCUT2D eigenvalue weighted by Gasteiger charge is -2.25. The molecule has 1 saturated heterocycles. The van der Waals surface area contributed by atoms with Gasteiger partial charge >= 0.3 is 13.7 Å². The largest absolute Gasteiger partial charge is 0.480 e. The lowest BCUT2D eigenvalue weighted by atomic mass is 9.98. The summed E-state index contributed by atoms with van der Waals surface area (Å²) in [6, 6.07) is 6.69. The summed E-state index contributed by atoms with van der Waals surface area (Å²) in [5, 5.41) is 25.7. The van der Waals surface area contributed by atoms with Crippen LogP contribution in [0.25, 0.3) is 11.2 Å². The van der Waals surface area contributed by atoms with E-state index in [1.165, 1.54) is 30.0 Å². The van der Waals surface area contributed by atoms with Gasteiger partial charge in [0, 0.05) is 6.04 Å². The number of nitrogens with zero attached hydrogens (tertiary/aromatic N) is 4. The number of aliphatic hydroxyl groups excluding tert-OH is 1. The summed E-state index contributed by atoms with van der Waals surface area (Å²) < 4.78 is 47.6. The minimum Gasteiger partial charge on any atom is -0.480 e. The first-order chi connectivity index (χ1) is 18.8. The molecule has 6 N–H and O–H groups in total. The molecular weight excluding hydrogens is 548 g/mol. The smallest absolute Gasteiger partial charge is 0.459 e. The summed E-state index contributed by atoms with van der Waals surface area (Å²) in [7, 11) is -4.33. The standard InChI is InChI=1S/C24H33FN7O7P/c1-5-13(2)28-19-17-20(30-23(26)29-19)32(12-27-17)22-24(4,25)18(33)16(38-22)11-37-40(36,31-14(3)21(34)35)39-15-9-7-6-8-10-15/h6-10,12-14,16,18,22,33H,5,11H2,1-4H3,(H,31,36)(H,34,35)(H3,26,28,29,30)/t13?,14-,16+,18+,22+,24+,40?/m0/s1. The van der Waals surface area contributed by atoms with Crippen LogP contribution >= 0.6 is 7.75 Å². The number of nitrogen functional groups attached to an aromatic ring is 1. The average Bonchev–Trinajstić information content (AvgIpc) is 3.41. The Kier molecular flexibility index (Phi) is 8.61. The molecule has 1 aliphatic rings. The van der Waals surface area contributed by atoms with Crippen molar-refractivity contribution in [1.82, 2.24) is 24.6 Å². The predicted octanol–water partition coefficient (Wildman–Crippen LogP) is 2.87. The molecule has 0 bridgehead atoms. The number of carbonyl (C=O) groups is 1. The molecule has 3 aromatic rings. The molecule has 1 fully saturated rings. The number of fused-ring (bicyclic) bond motifs is 1. The SMILES string of the molecule is CCC(C)Nc1nc(N)nc2c1ncn2[C@@H]1O[C@H](COP(=O)(N[C@@H](C)C(=O)O)Oc2ccccc2)[C@@H](O)[C@@]1(C)F. The number of aliphatic hydroxyl groups is 1. The van der Waals surface area contributed by atoms with Crippen molar-refractivity contribution in [2.75, 3.05) is 17.7 Å². The molecule has 7 atom stereocenters. The maximum absolute atomic E-state index is 16.0. The number of halogens is 1. The second-order valence-electron chi connectivity index (χ2n) is 9.72. The Bertz CT molecular complexity index is 1390. The summed E-state index contributed by atoms with van der Waals surface area (Å²) in [4.78, 5) is 24.1. The number of rotatable bonds is 12. The summed E-state index contributed by atoms with van der Waals surface area (Å²) in [5.74, 6) is -0.866. The molecule has 1 aromatic carbocycles. The van der Waals surface area contributed by atoms with Gasteiger partial charge in [-0.2, -0.15) is 15.1 Å². The van der Waals surface area contributed by atoms with Gasteiger partial charge in [-0.3, -0.25) is 13.9 Å². The summed E-state index contributed by atoms with van der Waals surface area (Å²) in [6.45, 7) is 5.73. The number of alkyl halides is 1. The van der Waals surface area contributed by atoms with Gasteiger partial charge in [-0.25, -0.2) is 13.9 Å². The molecule has 40 heavy (non-hydrogen) atoms. The van der Waals surface area contributed by atoms with Crippen molar-refractivity contribution in [2.24, 2.45) is 0 Å². The Balaban J connectivity index is 1.58. The van der Waals surface area contributed by atoms with Gasteiger partial charge in [-0.05, 0) is 39.3 Å². The molecule has 16 heteroatoms. The third kappa shape index (κ3) is 6.18. The van der Waals surface area contributed by atoms with Crippen LogP contribution in [0.5, 0.6) is 5.75 Å². The fourth-order valence-corrected chi connectivity index (χ4v) is 5.57. The Morgan fingerprint density at radius 2 is 2.02 bits per heavy atom. The van der Waals surface area contributed by atoms with E-state index in [-0.39, 0.29) is 23.4 Å². The van der Waals surface area contributed by atoms with Crippen molar-refractivity contribution in [2.45, 2.75) is 70.3 Å². The van der Waals surface area contributed by atoms with Gasteiger partial charge in [-0.1, -0.05) is 25.1 Å². The third-order valence-corrected chi connectivity index (χ3v) is 8.15. The predicted molar refractivity (Wildman–Crippen MR) is 143 cm³/mol. The minimum absolute atomic E-state index is 0.0476. The quantitative estimate of drug-likeness (QED) is 0.196. The highest BCUT2D eigenvalue weighted by Crippen LogP contribution is 2.48. The minimum atomic E-state index is -4.33. The van der Waals surface area contributed by atoms with E-state index in [4.69, 9.17) is 19.5 Å². The van der Waals surface area contributed by atoms with Crippen LogP contribution in [-0.4, -0.2) is 72.3 Å². The van der Waals surface area contributed by atoms with E-state index in [1.54, 1.807) is 18.2 Å². The van der Waals surface area contributed by atoms with Crippen LogP contribution in [0.4, 0.5) is 16.2 Å². The maximum atomic E-state index is 16.0. The summed E-state index contributed by atoms with van der Waals surface area (Å²) in [6.07, 6.45) is -2.39. The molecule has 218 valence electrons. The fraction of sp³-hybridized carbons (Fsp3) is 0.500. The van der Waals surface area contributed by atoms with Crippen LogP contribution in [0.3, 0.4) is 0 Å². The molecule has 0 saturated carbocycles. The molecule has 0 spiro atoms. The van der Waals surface area contributed by atoms with Gasteiger partial charge in [0.15, 0.2) is 28.9 Å². The van der Waals surface area contributed by atoms with Crippen molar-refractivity contribution < 1.29 is 37.7 Å². The lowest BCUT2D eigenvalue weighted by Crippen LogP contribution is -2.41. The van der Waals surface area contributed by atoms with Crippen LogP contribution < -0.4 is 20.7 Å². The second-order valence-corrected chi connectivity index (χ2v) is 11.4. The Hall–Kier alpha value is -3.36. The molecular formula is C24H33FN7O7P. The number of aliphatic carboxylic acids is 1. The number of para-hydroxylation sites is 1. The normalized spacial score (nSPS) is 25.8. The number of aromatic nitrogens is 4. The molecule has 2 unspecified atom stereocenters. The number of anilines is 2. The number of hydrogen-bond acceptors (Lipinski definition) is 11. The molecule has 14 nitrogen and oxygen atoms in total.